The standard InChI is InChI=1S/C12H12FN3O4/c1-14-8-7(13)3-5-9(11(8)18)16(15-2)4-6(10(5)17)12(19)20/h3-4,14-15,18H,1-2H3,(H,19,20). The van der Waals surface area contributed by atoms with Gasteiger partial charge in [0.1, 0.15) is 16.8 Å². The summed E-state index contributed by atoms with van der Waals surface area (Å²) in [6, 6.07) is 0.892. The summed E-state index contributed by atoms with van der Waals surface area (Å²) in [5.74, 6) is -2.76. The van der Waals surface area contributed by atoms with Crippen molar-refractivity contribution in [2.45, 2.75) is 0 Å². The number of hydrogen-bond donors (Lipinski definition) is 4. The zero-order valence-electron chi connectivity index (χ0n) is 10.7. The lowest BCUT2D eigenvalue weighted by Gasteiger charge is -2.15. The molecule has 1 heterocycles. The highest BCUT2D eigenvalue weighted by atomic mass is 19.1. The Morgan fingerprint density at radius 2 is 2.05 bits per heavy atom. The van der Waals surface area contributed by atoms with Gasteiger partial charge in [-0.1, -0.05) is 0 Å². The average Bonchev–Trinajstić information content (AvgIpc) is 2.40. The minimum atomic E-state index is -1.43. The fraction of sp³-hybridized carbons (Fsp3) is 0.167. The van der Waals surface area contributed by atoms with Crippen LogP contribution in [0.5, 0.6) is 5.75 Å². The summed E-state index contributed by atoms with van der Waals surface area (Å²) >= 11 is 0. The number of nitrogens with one attached hydrogen (secondary N) is 2. The molecule has 0 aliphatic heterocycles. The Balaban J connectivity index is 3.05. The van der Waals surface area contributed by atoms with Gasteiger partial charge in [0.05, 0.1) is 5.39 Å². The molecule has 1 aromatic heterocycles. The number of aromatic hydroxyl groups is 1. The van der Waals surface area contributed by atoms with E-state index in [-0.39, 0.29) is 16.6 Å². The Bertz CT molecular complexity index is 770. The second-order valence-corrected chi connectivity index (χ2v) is 4.00. The van der Waals surface area contributed by atoms with Crippen LogP contribution in [0, 0.1) is 5.82 Å². The lowest BCUT2D eigenvalue weighted by atomic mass is 10.1. The minimum Gasteiger partial charge on any atom is -0.504 e. The fourth-order valence-corrected chi connectivity index (χ4v) is 2.01. The van der Waals surface area contributed by atoms with Gasteiger partial charge in [-0.3, -0.25) is 9.47 Å². The third-order valence-corrected chi connectivity index (χ3v) is 2.94. The minimum absolute atomic E-state index is 0.00625. The molecule has 0 radical (unpaired) electrons. The normalized spacial score (nSPS) is 10.6. The summed E-state index contributed by atoms with van der Waals surface area (Å²) in [5, 5.41) is 21.3. The highest BCUT2D eigenvalue weighted by molar-refractivity contribution is 5.96. The number of fused-ring (bicyclic) bond motifs is 1. The smallest absolute Gasteiger partial charge is 0.341 e. The van der Waals surface area contributed by atoms with E-state index >= 15 is 0 Å². The summed E-state index contributed by atoms with van der Waals surface area (Å²) in [5.41, 5.74) is 1.04. The molecule has 2 aromatic rings. The third-order valence-electron chi connectivity index (χ3n) is 2.94. The van der Waals surface area contributed by atoms with Crippen molar-refractivity contribution in [2.75, 3.05) is 24.8 Å². The van der Waals surface area contributed by atoms with Crippen molar-refractivity contribution in [1.82, 2.24) is 4.68 Å². The van der Waals surface area contributed by atoms with Gasteiger partial charge in [-0.2, -0.15) is 0 Å². The Morgan fingerprint density at radius 1 is 1.40 bits per heavy atom. The zero-order valence-corrected chi connectivity index (χ0v) is 10.7. The molecule has 7 nitrogen and oxygen atoms in total. The monoisotopic (exact) mass is 281 g/mol. The molecule has 0 saturated heterocycles. The topological polar surface area (TPSA) is 104 Å². The van der Waals surface area contributed by atoms with Gasteiger partial charge in [0.15, 0.2) is 11.6 Å². The van der Waals surface area contributed by atoms with Gasteiger partial charge in [-0.25, -0.2) is 9.18 Å². The second kappa shape index (κ2) is 4.72. The number of aromatic carboxylic acids is 1. The molecule has 1 aromatic carbocycles. The van der Waals surface area contributed by atoms with Gasteiger partial charge in [-0.05, 0) is 6.07 Å². The van der Waals surface area contributed by atoms with Crippen molar-refractivity contribution in [3.05, 3.63) is 33.9 Å². The van der Waals surface area contributed by atoms with E-state index < -0.39 is 28.5 Å². The van der Waals surface area contributed by atoms with Crippen LogP contribution < -0.4 is 16.2 Å². The van der Waals surface area contributed by atoms with E-state index in [1.807, 2.05) is 0 Å². The summed E-state index contributed by atoms with van der Waals surface area (Å²) < 4.78 is 14.9. The second-order valence-electron chi connectivity index (χ2n) is 4.00. The van der Waals surface area contributed by atoms with Crippen LogP contribution in [0.4, 0.5) is 10.1 Å². The maximum absolute atomic E-state index is 13.8. The molecular weight excluding hydrogens is 269 g/mol. The van der Waals surface area contributed by atoms with E-state index in [0.29, 0.717) is 0 Å². The first-order valence-corrected chi connectivity index (χ1v) is 5.62. The van der Waals surface area contributed by atoms with Crippen molar-refractivity contribution in [1.29, 1.82) is 0 Å². The maximum atomic E-state index is 13.8. The molecule has 0 saturated carbocycles. The fourth-order valence-electron chi connectivity index (χ4n) is 2.01. The van der Waals surface area contributed by atoms with Gasteiger partial charge in [0.25, 0.3) is 0 Å². The molecule has 0 amide bonds. The molecule has 0 unspecified atom stereocenters. The first-order chi connectivity index (χ1) is 9.42. The molecule has 106 valence electrons. The van der Waals surface area contributed by atoms with Gasteiger partial charge < -0.3 is 21.0 Å². The number of rotatable bonds is 3. The van der Waals surface area contributed by atoms with Crippen LogP contribution in [0.15, 0.2) is 17.1 Å². The molecule has 4 N–H and O–H groups in total. The van der Waals surface area contributed by atoms with Crippen LogP contribution in [0.25, 0.3) is 10.9 Å². The molecule has 2 rings (SSSR count). The first kappa shape index (κ1) is 13.7. The van der Waals surface area contributed by atoms with E-state index in [4.69, 9.17) is 5.11 Å². The number of phenolic OH excluding ortho intramolecular Hbond substituents is 1. The van der Waals surface area contributed by atoms with Crippen molar-refractivity contribution in [2.24, 2.45) is 0 Å². The Kier molecular flexibility index (Phi) is 3.23. The number of carboxylic acids is 1. The average molecular weight is 281 g/mol. The molecule has 0 fully saturated rings. The van der Waals surface area contributed by atoms with E-state index in [9.17, 15) is 19.1 Å². The summed E-state index contributed by atoms with van der Waals surface area (Å²) in [7, 11) is 2.88. The van der Waals surface area contributed by atoms with Crippen molar-refractivity contribution in [3.8, 4) is 5.75 Å². The molecule has 0 aliphatic carbocycles. The molecule has 0 bridgehead atoms. The van der Waals surface area contributed by atoms with E-state index in [0.717, 1.165) is 16.9 Å². The number of aromatic nitrogens is 1. The van der Waals surface area contributed by atoms with E-state index in [1.165, 1.54) is 14.1 Å². The van der Waals surface area contributed by atoms with Gasteiger partial charge in [0, 0.05) is 20.3 Å². The number of anilines is 1. The number of pyridine rings is 1. The van der Waals surface area contributed by atoms with Gasteiger partial charge in [-0.15, -0.1) is 0 Å². The molecule has 0 spiro atoms. The highest BCUT2D eigenvalue weighted by Gasteiger charge is 2.20. The third kappa shape index (κ3) is 1.81. The Labute approximate surface area is 112 Å². The number of benzene rings is 1. The van der Waals surface area contributed by atoms with Gasteiger partial charge in [0.2, 0.25) is 5.43 Å². The summed E-state index contributed by atoms with van der Waals surface area (Å²) in [6.45, 7) is 0. The molecule has 0 aliphatic rings. The van der Waals surface area contributed by atoms with E-state index in [1.54, 1.807) is 0 Å². The number of carbonyl (C=O) groups is 1. The summed E-state index contributed by atoms with van der Waals surface area (Å²) in [6.07, 6.45) is 1.03. The first-order valence-electron chi connectivity index (χ1n) is 5.62. The van der Waals surface area contributed by atoms with Crippen LogP contribution in [-0.2, 0) is 0 Å². The van der Waals surface area contributed by atoms with Crippen LogP contribution >= 0.6 is 0 Å². The molecule has 20 heavy (non-hydrogen) atoms. The highest BCUT2D eigenvalue weighted by Crippen LogP contribution is 2.33. The maximum Gasteiger partial charge on any atom is 0.341 e. The number of carboxylic acid groups (broad SMARTS) is 1. The lowest BCUT2D eigenvalue weighted by molar-refractivity contribution is 0.0695. The van der Waals surface area contributed by atoms with Gasteiger partial charge >= 0.3 is 5.97 Å². The van der Waals surface area contributed by atoms with Crippen LogP contribution in [0.1, 0.15) is 10.4 Å². The lowest BCUT2D eigenvalue weighted by Crippen LogP contribution is -2.22. The number of phenols is 1. The van der Waals surface area contributed by atoms with Crippen molar-refractivity contribution >= 4 is 22.6 Å². The summed E-state index contributed by atoms with van der Waals surface area (Å²) in [4.78, 5) is 23.0. The number of hydrogen-bond acceptors (Lipinski definition) is 5. The SMILES string of the molecule is CNc1c(F)cc2c(=O)c(C(=O)O)cn(NC)c2c1O. The zero-order chi connectivity index (χ0) is 15.0. The van der Waals surface area contributed by atoms with Crippen molar-refractivity contribution < 1.29 is 19.4 Å². The van der Waals surface area contributed by atoms with Crippen LogP contribution in [0.3, 0.4) is 0 Å². The molecule has 8 heteroatoms. The Hall–Kier alpha value is -2.77. The quantitative estimate of drug-likeness (QED) is 0.619. The largest absolute Gasteiger partial charge is 0.504 e. The Morgan fingerprint density at radius 3 is 2.55 bits per heavy atom. The van der Waals surface area contributed by atoms with Crippen LogP contribution in [-0.4, -0.2) is 35.0 Å². The van der Waals surface area contributed by atoms with E-state index in [2.05, 4.69) is 10.7 Å². The number of halogens is 1. The van der Waals surface area contributed by atoms with Crippen LogP contribution in [0.2, 0.25) is 0 Å². The molecule has 0 atom stereocenters. The predicted molar refractivity (Wildman–Crippen MR) is 71.6 cm³/mol. The number of nitrogens with zero attached hydrogens (tertiary/aromatic N) is 1. The predicted octanol–water partition coefficient (Wildman–Crippen LogP) is 0.759. The van der Waals surface area contributed by atoms with Crippen molar-refractivity contribution in [3.63, 3.8) is 0 Å². The molecular formula is C12H12FN3O4.